The highest BCUT2D eigenvalue weighted by Crippen LogP contribution is 2.23. The van der Waals surface area contributed by atoms with Crippen LogP contribution in [0.2, 0.25) is 0 Å². The molecule has 0 N–H and O–H groups in total. The minimum Gasteiger partial charge on any atom is -0.481 e. The maximum Gasteiger partial charge on any atom is 0.362 e. The molecule has 0 amide bonds. The van der Waals surface area contributed by atoms with Crippen LogP contribution in [0.1, 0.15) is 23.2 Å². The number of benzene rings is 2. The van der Waals surface area contributed by atoms with E-state index in [2.05, 4.69) is 15.3 Å². The number of nitrogens with zero attached hydrogens (tertiary/aromatic N) is 6. The molecule has 0 saturated heterocycles. The number of hydrogen-bond acceptors (Lipinski definition) is 7. The van der Waals surface area contributed by atoms with Gasteiger partial charge in [-0.2, -0.15) is 5.10 Å². The zero-order valence-corrected chi connectivity index (χ0v) is 18.0. The van der Waals surface area contributed by atoms with Crippen LogP contribution in [0.15, 0.2) is 65.6 Å². The van der Waals surface area contributed by atoms with Gasteiger partial charge in [0, 0.05) is 7.05 Å². The molecule has 10 heteroatoms. The quantitative estimate of drug-likeness (QED) is 0.371. The molecule has 5 aromatic rings. The van der Waals surface area contributed by atoms with Gasteiger partial charge in [0.1, 0.15) is 6.61 Å². The Morgan fingerprint density at radius 2 is 1.79 bits per heavy atom. The third kappa shape index (κ3) is 3.51. The van der Waals surface area contributed by atoms with E-state index in [9.17, 15) is 9.59 Å². The molecule has 0 bridgehead atoms. The molecule has 10 nitrogen and oxygen atoms in total. The van der Waals surface area contributed by atoms with Gasteiger partial charge in [0.25, 0.3) is 5.56 Å². The predicted molar refractivity (Wildman–Crippen MR) is 120 cm³/mol. The predicted octanol–water partition coefficient (Wildman–Crippen LogP) is 2.52. The van der Waals surface area contributed by atoms with E-state index in [0.717, 1.165) is 5.69 Å². The molecule has 3 heterocycles. The molecule has 166 valence electrons. The molecular weight excluding hydrogens is 424 g/mol. The topological polar surface area (TPSA) is 106 Å². The zero-order valence-electron chi connectivity index (χ0n) is 18.0. The molecule has 3 aromatic heterocycles. The van der Waals surface area contributed by atoms with Crippen molar-refractivity contribution in [3.05, 3.63) is 82.7 Å². The standard InChI is InChI=1S/C23H20N6O4/c1-3-32-22(31)20-18(13-28(26-20)15-9-5-4-6-10-15)33-14-19-24-25-23-27(2)21(30)16-11-7-8-12-17(16)29(19)23/h4-13H,3,14H2,1-2H3. The van der Waals surface area contributed by atoms with Crippen LogP contribution in [0.4, 0.5) is 0 Å². The third-order valence-corrected chi connectivity index (χ3v) is 5.22. The van der Waals surface area contributed by atoms with Crippen molar-refractivity contribution in [3.63, 3.8) is 0 Å². The van der Waals surface area contributed by atoms with E-state index in [4.69, 9.17) is 9.47 Å². The highest BCUT2D eigenvalue weighted by atomic mass is 16.5. The minimum absolute atomic E-state index is 0.00372. The molecule has 0 fully saturated rings. The first-order valence-electron chi connectivity index (χ1n) is 10.3. The number of hydrogen-bond donors (Lipinski definition) is 0. The van der Waals surface area contributed by atoms with E-state index in [1.165, 1.54) is 4.57 Å². The van der Waals surface area contributed by atoms with E-state index in [0.29, 0.717) is 22.5 Å². The molecule has 0 saturated carbocycles. The van der Waals surface area contributed by atoms with Gasteiger partial charge in [-0.1, -0.05) is 30.3 Å². The number of ether oxygens (including phenoxy) is 2. The average molecular weight is 444 g/mol. The summed E-state index contributed by atoms with van der Waals surface area (Å²) < 4.78 is 15.9. The zero-order chi connectivity index (χ0) is 22.9. The van der Waals surface area contributed by atoms with Gasteiger partial charge in [-0.25, -0.2) is 9.48 Å². The van der Waals surface area contributed by atoms with E-state index < -0.39 is 5.97 Å². The van der Waals surface area contributed by atoms with Gasteiger partial charge in [0.15, 0.2) is 11.6 Å². The lowest BCUT2D eigenvalue weighted by atomic mass is 10.2. The van der Waals surface area contributed by atoms with Crippen LogP contribution in [-0.2, 0) is 18.4 Å². The summed E-state index contributed by atoms with van der Waals surface area (Å²) >= 11 is 0. The second kappa shape index (κ2) is 8.23. The van der Waals surface area contributed by atoms with Crippen LogP contribution in [0.25, 0.3) is 22.4 Å². The number of aryl methyl sites for hydroxylation is 1. The number of aromatic nitrogens is 6. The fourth-order valence-corrected chi connectivity index (χ4v) is 3.65. The van der Waals surface area contributed by atoms with Crippen molar-refractivity contribution >= 4 is 22.6 Å². The normalized spacial score (nSPS) is 11.2. The molecule has 0 atom stereocenters. The Morgan fingerprint density at radius 3 is 2.58 bits per heavy atom. The van der Waals surface area contributed by atoms with Crippen molar-refractivity contribution in [2.24, 2.45) is 7.05 Å². The second-order valence-electron chi connectivity index (χ2n) is 7.26. The molecule has 0 radical (unpaired) electrons. The maximum absolute atomic E-state index is 12.6. The van der Waals surface area contributed by atoms with Gasteiger partial charge in [-0.05, 0) is 31.2 Å². The van der Waals surface area contributed by atoms with E-state index in [1.807, 2.05) is 42.5 Å². The van der Waals surface area contributed by atoms with Crippen LogP contribution in [0.3, 0.4) is 0 Å². The van der Waals surface area contributed by atoms with Crippen molar-refractivity contribution in [1.82, 2.24) is 28.9 Å². The van der Waals surface area contributed by atoms with Gasteiger partial charge in [-0.3, -0.25) is 13.8 Å². The first-order chi connectivity index (χ1) is 16.1. The summed E-state index contributed by atoms with van der Waals surface area (Å²) in [6, 6.07) is 16.6. The lowest BCUT2D eigenvalue weighted by molar-refractivity contribution is 0.0513. The number of esters is 1. The number of fused-ring (bicyclic) bond motifs is 3. The van der Waals surface area contributed by atoms with Crippen molar-refractivity contribution in [1.29, 1.82) is 0 Å². The fraction of sp³-hybridized carbons (Fsp3) is 0.174. The van der Waals surface area contributed by atoms with Crippen LogP contribution in [0.5, 0.6) is 5.75 Å². The van der Waals surface area contributed by atoms with Gasteiger partial charge < -0.3 is 9.47 Å². The Labute approximate surface area is 187 Å². The summed E-state index contributed by atoms with van der Waals surface area (Å²) in [7, 11) is 1.65. The summed E-state index contributed by atoms with van der Waals surface area (Å²) in [5.41, 5.74) is 1.34. The summed E-state index contributed by atoms with van der Waals surface area (Å²) in [6.45, 7) is 1.94. The number of carbonyl (C=O) groups excluding carboxylic acids is 1. The highest BCUT2D eigenvalue weighted by Gasteiger charge is 2.22. The molecular formula is C23H20N6O4. The Hall–Kier alpha value is -4.47. The van der Waals surface area contributed by atoms with Crippen molar-refractivity contribution in [2.75, 3.05) is 6.61 Å². The lowest BCUT2D eigenvalue weighted by Gasteiger charge is -2.08. The average Bonchev–Trinajstić information content (AvgIpc) is 3.47. The first-order valence-corrected chi connectivity index (χ1v) is 10.3. The largest absolute Gasteiger partial charge is 0.481 e. The molecule has 0 unspecified atom stereocenters. The molecule has 0 spiro atoms. The lowest BCUT2D eigenvalue weighted by Crippen LogP contribution is -2.20. The number of para-hydroxylation sites is 2. The minimum atomic E-state index is -0.582. The number of carbonyl (C=O) groups is 1. The molecule has 33 heavy (non-hydrogen) atoms. The molecule has 0 aliphatic carbocycles. The maximum atomic E-state index is 12.6. The Balaban J connectivity index is 1.55. The van der Waals surface area contributed by atoms with Gasteiger partial charge in [-0.15, -0.1) is 10.2 Å². The summed E-state index contributed by atoms with van der Waals surface area (Å²) in [5, 5.41) is 13.3. The van der Waals surface area contributed by atoms with Crippen LogP contribution in [0, 0.1) is 0 Å². The van der Waals surface area contributed by atoms with Gasteiger partial charge >= 0.3 is 5.97 Å². The Morgan fingerprint density at radius 1 is 1.03 bits per heavy atom. The van der Waals surface area contributed by atoms with E-state index in [1.54, 1.807) is 41.4 Å². The SMILES string of the molecule is CCOC(=O)c1nn(-c2ccccc2)cc1OCc1nnc2n(C)c(=O)c3ccccc3n12. The summed E-state index contributed by atoms with van der Waals surface area (Å²) in [4.78, 5) is 25.1. The monoisotopic (exact) mass is 444 g/mol. The molecule has 5 rings (SSSR count). The second-order valence-corrected chi connectivity index (χ2v) is 7.26. The summed E-state index contributed by atoms with van der Waals surface area (Å²) in [6.07, 6.45) is 1.62. The first kappa shape index (κ1) is 20.4. The summed E-state index contributed by atoms with van der Waals surface area (Å²) in [5.74, 6) is 0.534. The third-order valence-electron chi connectivity index (χ3n) is 5.22. The highest BCUT2D eigenvalue weighted by molar-refractivity contribution is 5.90. The van der Waals surface area contributed by atoms with Crippen LogP contribution >= 0.6 is 0 Å². The van der Waals surface area contributed by atoms with Crippen LogP contribution < -0.4 is 10.3 Å². The molecule has 0 aliphatic heterocycles. The van der Waals surface area contributed by atoms with E-state index in [-0.39, 0.29) is 30.2 Å². The van der Waals surface area contributed by atoms with E-state index >= 15 is 0 Å². The van der Waals surface area contributed by atoms with Crippen molar-refractivity contribution < 1.29 is 14.3 Å². The smallest absolute Gasteiger partial charge is 0.362 e. The molecule has 2 aromatic carbocycles. The fourth-order valence-electron chi connectivity index (χ4n) is 3.65. The Kier molecular flexibility index (Phi) is 5.09. The van der Waals surface area contributed by atoms with Gasteiger partial charge in [0.2, 0.25) is 11.5 Å². The van der Waals surface area contributed by atoms with Crippen LogP contribution in [-0.4, -0.2) is 41.5 Å². The molecule has 0 aliphatic rings. The number of rotatable bonds is 6. The van der Waals surface area contributed by atoms with Crippen molar-refractivity contribution in [2.45, 2.75) is 13.5 Å². The van der Waals surface area contributed by atoms with Crippen molar-refractivity contribution in [3.8, 4) is 11.4 Å². The van der Waals surface area contributed by atoms with Gasteiger partial charge in [0.05, 0.1) is 29.4 Å². The Bertz CT molecular complexity index is 1530.